The van der Waals surface area contributed by atoms with Crippen LogP contribution in [-0.2, 0) is 4.79 Å². The van der Waals surface area contributed by atoms with Crippen LogP contribution < -0.4 is 0 Å². The summed E-state index contributed by atoms with van der Waals surface area (Å²) in [6.45, 7) is 4.09. The van der Waals surface area contributed by atoms with E-state index in [2.05, 4.69) is 0 Å². The fourth-order valence-electron chi connectivity index (χ4n) is 2.47. The van der Waals surface area contributed by atoms with Gasteiger partial charge in [-0.05, 0) is 23.8 Å². The van der Waals surface area contributed by atoms with Gasteiger partial charge in [0.15, 0.2) is 5.78 Å². The first-order valence-corrected chi connectivity index (χ1v) is 5.01. The molecular weight excluding hydrogens is 194 g/mol. The first kappa shape index (κ1) is 10.1. The van der Waals surface area contributed by atoms with Crippen molar-refractivity contribution in [2.75, 3.05) is 0 Å². The third-order valence-corrected chi connectivity index (χ3v) is 3.33. The Morgan fingerprint density at radius 3 is 2.80 bits per heavy atom. The normalized spacial score (nSPS) is 28.1. The Morgan fingerprint density at radius 1 is 1.53 bits per heavy atom. The Kier molecular flexibility index (Phi) is 2.03. The van der Waals surface area contributed by atoms with Crippen LogP contribution in [-0.4, -0.2) is 10.7 Å². The largest absolute Gasteiger partial charge is 0.295 e. The van der Waals surface area contributed by atoms with Crippen LogP contribution >= 0.6 is 0 Å². The number of allylic oxidation sites excluding steroid dienone is 3. The molecule has 0 aromatic heterocycles. The van der Waals surface area contributed by atoms with E-state index in [0.717, 1.165) is 0 Å². The number of Topliss-reactive ketones (excluding diaryl/α,β-unsaturated/α-hetero) is 1. The molecule has 80 valence electrons. The van der Waals surface area contributed by atoms with Gasteiger partial charge in [0.2, 0.25) is 0 Å². The van der Waals surface area contributed by atoms with Crippen LogP contribution in [0.5, 0.6) is 0 Å². The summed E-state index contributed by atoms with van der Waals surface area (Å²) in [5, 5.41) is 10.6. The zero-order chi connectivity index (χ0) is 11.2. The SMILES string of the molecule is CC1(C)CC(=O)C2=CC([N+](=O)[O-])=CCC21. The number of rotatable bonds is 1. The Balaban J connectivity index is 2.38. The third-order valence-electron chi connectivity index (χ3n) is 3.33. The van der Waals surface area contributed by atoms with E-state index >= 15 is 0 Å². The number of hydrogen-bond donors (Lipinski definition) is 0. The number of nitro groups is 1. The molecule has 0 bridgehead atoms. The zero-order valence-corrected chi connectivity index (χ0v) is 8.82. The molecule has 2 rings (SSSR count). The van der Waals surface area contributed by atoms with Gasteiger partial charge in [0.1, 0.15) is 0 Å². The highest BCUT2D eigenvalue weighted by atomic mass is 16.6. The molecule has 0 N–H and O–H groups in total. The maximum Gasteiger partial charge on any atom is 0.265 e. The maximum atomic E-state index is 11.7. The van der Waals surface area contributed by atoms with E-state index in [9.17, 15) is 14.9 Å². The summed E-state index contributed by atoms with van der Waals surface area (Å²) in [5.41, 5.74) is 0.656. The summed E-state index contributed by atoms with van der Waals surface area (Å²) in [5.74, 6) is 0.228. The highest BCUT2D eigenvalue weighted by Gasteiger charge is 2.45. The zero-order valence-electron chi connectivity index (χ0n) is 8.82. The Bertz CT molecular complexity index is 404. The van der Waals surface area contributed by atoms with Crippen molar-refractivity contribution in [1.82, 2.24) is 0 Å². The second kappa shape index (κ2) is 3.02. The van der Waals surface area contributed by atoms with Crippen molar-refractivity contribution in [1.29, 1.82) is 0 Å². The molecule has 0 aromatic carbocycles. The number of ketones is 1. The molecule has 15 heavy (non-hydrogen) atoms. The van der Waals surface area contributed by atoms with Gasteiger partial charge in [-0.2, -0.15) is 0 Å². The molecule has 0 saturated heterocycles. The van der Waals surface area contributed by atoms with Gasteiger partial charge in [-0.25, -0.2) is 0 Å². The van der Waals surface area contributed by atoms with Gasteiger partial charge < -0.3 is 0 Å². The van der Waals surface area contributed by atoms with Gasteiger partial charge in [-0.1, -0.05) is 13.8 Å². The number of hydrogen-bond acceptors (Lipinski definition) is 3. The molecule has 2 aliphatic rings. The topological polar surface area (TPSA) is 60.2 Å². The lowest BCUT2D eigenvalue weighted by atomic mass is 9.77. The Hall–Kier alpha value is -1.45. The molecule has 2 aliphatic carbocycles. The number of carbonyl (C=O) groups is 1. The molecule has 0 heterocycles. The summed E-state index contributed by atoms with van der Waals surface area (Å²) in [7, 11) is 0. The van der Waals surface area contributed by atoms with Gasteiger partial charge >= 0.3 is 0 Å². The van der Waals surface area contributed by atoms with Crippen molar-refractivity contribution in [2.24, 2.45) is 11.3 Å². The maximum absolute atomic E-state index is 11.7. The predicted molar refractivity (Wildman–Crippen MR) is 54.7 cm³/mol. The second-order valence-corrected chi connectivity index (χ2v) is 4.86. The van der Waals surface area contributed by atoms with Crippen molar-refractivity contribution in [3.8, 4) is 0 Å². The summed E-state index contributed by atoms with van der Waals surface area (Å²) >= 11 is 0. The van der Waals surface area contributed by atoms with Crippen molar-refractivity contribution < 1.29 is 9.72 Å². The van der Waals surface area contributed by atoms with Crippen molar-refractivity contribution >= 4 is 5.78 Å². The van der Waals surface area contributed by atoms with Gasteiger partial charge in [-0.15, -0.1) is 0 Å². The molecule has 0 radical (unpaired) electrons. The van der Waals surface area contributed by atoms with Crippen LogP contribution in [0.25, 0.3) is 0 Å². The second-order valence-electron chi connectivity index (χ2n) is 4.86. The van der Waals surface area contributed by atoms with E-state index < -0.39 is 4.92 Å². The molecule has 0 amide bonds. The summed E-state index contributed by atoms with van der Waals surface area (Å²) < 4.78 is 0. The molecule has 1 saturated carbocycles. The van der Waals surface area contributed by atoms with Gasteiger partial charge in [0, 0.05) is 18.1 Å². The molecular formula is C11H13NO3. The van der Waals surface area contributed by atoms with Crippen LogP contribution in [0.4, 0.5) is 0 Å². The average molecular weight is 207 g/mol. The first-order valence-electron chi connectivity index (χ1n) is 5.01. The summed E-state index contributed by atoms with van der Waals surface area (Å²) in [4.78, 5) is 21.8. The van der Waals surface area contributed by atoms with Crippen LogP contribution in [0.15, 0.2) is 23.4 Å². The van der Waals surface area contributed by atoms with Crippen LogP contribution in [0.1, 0.15) is 26.7 Å². The van der Waals surface area contributed by atoms with E-state index in [1.54, 1.807) is 6.08 Å². The quantitative estimate of drug-likeness (QED) is 0.488. The van der Waals surface area contributed by atoms with Crippen molar-refractivity contribution in [3.05, 3.63) is 33.5 Å². The van der Waals surface area contributed by atoms with Crippen molar-refractivity contribution in [3.63, 3.8) is 0 Å². The lowest BCUT2D eigenvalue weighted by molar-refractivity contribution is -0.419. The predicted octanol–water partition coefficient (Wildman–Crippen LogP) is 2.09. The molecule has 1 unspecified atom stereocenters. The van der Waals surface area contributed by atoms with E-state index in [1.165, 1.54) is 6.08 Å². The molecule has 1 atom stereocenters. The van der Waals surface area contributed by atoms with Crippen molar-refractivity contribution in [2.45, 2.75) is 26.7 Å². The Morgan fingerprint density at radius 2 is 2.20 bits per heavy atom. The van der Waals surface area contributed by atoms with E-state index in [-0.39, 0.29) is 22.8 Å². The molecule has 4 nitrogen and oxygen atoms in total. The van der Waals surface area contributed by atoms with Gasteiger partial charge in [0.25, 0.3) is 5.70 Å². The number of fused-ring (bicyclic) bond motifs is 1. The summed E-state index contributed by atoms with van der Waals surface area (Å²) in [6, 6.07) is 0. The van der Waals surface area contributed by atoms with E-state index in [0.29, 0.717) is 18.4 Å². The Labute approximate surface area is 87.8 Å². The minimum Gasteiger partial charge on any atom is -0.295 e. The minimum atomic E-state index is -0.429. The molecule has 0 spiro atoms. The fourth-order valence-corrected chi connectivity index (χ4v) is 2.47. The first-order chi connectivity index (χ1) is 6.92. The number of nitrogens with zero attached hydrogens (tertiary/aromatic N) is 1. The van der Waals surface area contributed by atoms with Crippen LogP contribution in [0, 0.1) is 21.4 Å². The fraction of sp³-hybridized carbons (Fsp3) is 0.545. The van der Waals surface area contributed by atoms with Crippen LogP contribution in [0.2, 0.25) is 0 Å². The minimum absolute atomic E-state index is 0.0540. The third kappa shape index (κ3) is 1.50. The van der Waals surface area contributed by atoms with E-state index in [1.807, 2.05) is 13.8 Å². The molecule has 1 fully saturated rings. The average Bonchev–Trinajstić information content (AvgIpc) is 2.37. The van der Waals surface area contributed by atoms with Crippen LogP contribution in [0.3, 0.4) is 0 Å². The highest BCUT2D eigenvalue weighted by Crippen LogP contribution is 2.48. The van der Waals surface area contributed by atoms with Gasteiger partial charge in [0.05, 0.1) is 4.92 Å². The summed E-state index contributed by atoms with van der Waals surface area (Å²) in [6.07, 6.45) is 4.18. The standard InChI is InChI=1S/C11H13NO3/c1-11(2)6-10(13)8-5-7(12(14)15)3-4-9(8)11/h3,5,9H,4,6H2,1-2H3. The smallest absolute Gasteiger partial charge is 0.265 e. The highest BCUT2D eigenvalue weighted by molar-refractivity contribution is 5.99. The molecule has 0 aliphatic heterocycles. The lowest BCUT2D eigenvalue weighted by Crippen LogP contribution is -2.20. The van der Waals surface area contributed by atoms with Gasteiger partial charge in [-0.3, -0.25) is 14.9 Å². The molecule has 4 heteroatoms. The lowest BCUT2D eigenvalue weighted by Gasteiger charge is -2.26. The molecule has 0 aromatic rings. The number of carbonyl (C=O) groups excluding carboxylic acids is 1. The van der Waals surface area contributed by atoms with E-state index in [4.69, 9.17) is 0 Å². The monoisotopic (exact) mass is 207 g/mol.